The van der Waals surface area contributed by atoms with Gasteiger partial charge in [-0.25, -0.2) is 0 Å². The van der Waals surface area contributed by atoms with Gasteiger partial charge in [0, 0.05) is 27.2 Å². The van der Waals surface area contributed by atoms with Crippen molar-refractivity contribution in [2.75, 3.05) is 0 Å². The first kappa shape index (κ1) is 30.7. The Morgan fingerprint density at radius 1 is 0.455 bits per heavy atom. The molecule has 11 rings (SSSR count). The van der Waals surface area contributed by atoms with Crippen molar-refractivity contribution in [3.8, 4) is 45.8 Å². The summed E-state index contributed by atoms with van der Waals surface area (Å²) in [5.41, 5.74) is 12.6. The lowest BCUT2D eigenvalue weighted by Gasteiger charge is -2.15. The predicted molar refractivity (Wildman–Crippen MR) is 223 cm³/mol. The van der Waals surface area contributed by atoms with Gasteiger partial charge in [-0.1, -0.05) is 121 Å². The lowest BCUT2D eigenvalue weighted by Crippen LogP contribution is -1.99. The first-order chi connectivity index (χ1) is 27.2. The molecule has 0 saturated heterocycles. The fourth-order valence-electron chi connectivity index (χ4n) is 8.70. The second-order valence-corrected chi connectivity index (χ2v) is 13.9. The maximum absolute atomic E-state index is 11.0. The Bertz CT molecular complexity index is 3460. The minimum atomic E-state index is 0.561. The number of rotatable bonds is 4. The van der Waals surface area contributed by atoms with E-state index in [-0.39, 0.29) is 0 Å². The van der Waals surface area contributed by atoms with Gasteiger partial charge in [-0.15, -0.1) is 0 Å². The molecule has 8 aromatic carbocycles. The van der Waals surface area contributed by atoms with Gasteiger partial charge < -0.3 is 13.6 Å². The van der Waals surface area contributed by atoms with Crippen LogP contribution in [0, 0.1) is 22.7 Å². The quantitative estimate of drug-likeness (QED) is 0.183. The third kappa shape index (κ3) is 4.39. The Kier molecular flexibility index (Phi) is 6.61. The summed E-state index contributed by atoms with van der Waals surface area (Å²) in [5.74, 6) is 0. The molecule has 0 bridgehead atoms. The highest BCUT2D eigenvalue weighted by Gasteiger charge is 2.28. The maximum atomic E-state index is 11.0. The smallest absolute Gasteiger partial charge is 0.147 e. The van der Waals surface area contributed by atoms with Crippen LogP contribution in [0.1, 0.15) is 11.1 Å². The largest absolute Gasteiger partial charge is 0.455 e. The molecular formula is C50H28N4O. The molecule has 0 atom stereocenters. The summed E-state index contributed by atoms with van der Waals surface area (Å²) in [4.78, 5) is 0. The van der Waals surface area contributed by atoms with Crippen LogP contribution in [0.3, 0.4) is 0 Å². The second-order valence-electron chi connectivity index (χ2n) is 13.9. The summed E-state index contributed by atoms with van der Waals surface area (Å²) in [7, 11) is 0. The summed E-state index contributed by atoms with van der Waals surface area (Å²) < 4.78 is 11.4. The molecule has 0 unspecified atom stereocenters. The van der Waals surface area contributed by atoms with Crippen molar-refractivity contribution in [2.45, 2.75) is 0 Å². The predicted octanol–water partition coefficient (Wildman–Crippen LogP) is 12.9. The number of aromatic nitrogens is 2. The van der Waals surface area contributed by atoms with Crippen LogP contribution in [0.2, 0.25) is 0 Å². The molecule has 0 aliphatic rings. The molecule has 0 aliphatic carbocycles. The average molecular weight is 701 g/mol. The van der Waals surface area contributed by atoms with E-state index in [4.69, 9.17) is 4.42 Å². The van der Waals surface area contributed by atoms with Gasteiger partial charge in [0.15, 0.2) is 0 Å². The molecule has 3 heterocycles. The number of fused-ring (bicyclic) bond motifs is 12. The molecule has 3 aromatic heterocycles. The second kappa shape index (κ2) is 11.8. The van der Waals surface area contributed by atoms with Gasteiger partial charge >= 0.3 is 0 Å². The number of hydrogen-bond acceptors (Lipinski definition) is 3. The minimum absolute atomic E-state index is 0.561. The molecule has 0 spiro atoms. The van der Waals surface area contributed by atoms with Crippen LogP contribution < -0.4 is 0 Å². The minimum Gasteiger partial charge on any atom is -0.455 e. The number of benzene rings is 8. The first-order valence-electron chi connectivity index (χ1n) is 18.2. The molecule has 11 aromatic rings. The number of furan rings is 1. The van der Waals surface area contributed by atoms with E-state index >= 15 is 0 Å². The van der Waals surface area contributed by atoms with Gasteiger partial charge in [-0.05, 0) is 70.8 Å². The summed E-state index contributed by atoms with van der Waals surface area (Å²) in [5, 5.41) is 27.1. The van der Waals surface area contributed by atoms with Gasteiger partial charge in [0.1, 0.15) is 17.2 Å². The molecule has 0 amide bonds. The molecule has 5 heteroatoms. The summed E-state index contributed by atoms with van der Waals surface area (Å²) in [6.07, 6.45) is 0. The van der Waals surface area contributed by atoms with E-state index in [0.29, 0.717) is 11.1 Å². The highest BCUT2D eigenvalue weighted by atomic mass is 16.3. The first-order valence-corrected chi connectivity index (χ1v) is 18.2. The summed E-state index contributed by atoms with van der Waals surface area (Å²) in [6, 6.07) is 62.7. The molecule has 55 heavy (non-hydrogen) atoms. The van der Waals surface area contributed by atoms with E-state index in [1.807, 2.05) is 48.5 Å². The van der Waals surface area contributed by atoms with Crippen LogP contribution in [0.5, 0.6) is 0 Å². The molecule has 0 saturated carbocycles. The van der Waals surface area contributed by atoms with Gasteiger partial charge in [0.25, 0.3) is 0 Å². The van der Waals surface area contributed by atoms with Crippen molar-refractivity contribution in [1.29, 1.82) is 10.5 Å². The van der Waals surface area contributed by atoms with Crippen LogP contribution >= 0.6 is 0 Å². The van der Waals surface area contributed by atoms with Crippen molar-refractivity contribution in [2.24, 2.45) is 0 Å². The molecule has 0 fully saturated rings. The zero-order valence-electron chi connectivity index (χ0n) is 29.4. The molecule has 254 valence electrons. The molecule has 0 aliphatic heterocycles. The molecular weight excluding hydrogens is 673 g/mol. The van der Waals surface area contributed by atoms with Crippen molar-refractivity contribution >= 4 is 65.6 Å². The van der Waals surface area contributed by atoms with E-state index in [0.717, 1.165) is 99.2 Å². The SMILES string of the molecule is N#Cc1cccc(-n2c3ccccc3c3c4oc5ccccc5c4c4c(c5ccccc5n4-c4ccc(-c5ccccc5-c5ccccc5)cc4C#N)c32)c1. The maximum Gasteiger partial charge on any atom is 0.147 e. The normalized spacial score (nSPS) is 11.6. The number of nitriles is 2. The number of para-hydroxylation sites is 3. The fraction of sp³-hybridized carbons (Fsp3) is 0. The third-order valence-corrected chi connectivity index (χ3v) is 11.0. The zero-order valence-corrected chi connectivity index (χ0v) is 29.4. The average Bonchev–Trinajstić information content (AvgIpc) is 3.92. The Balaban J connectivity index is 1.32. The van der Waals surface area contributed by atoms with E-state index in [1.54, 1.807) is 0 Å². The van der Waals surface area contributed by atoms with E-state index in [2.05, 4.69) is 143 Å². The van der Waals surface area contributed by atoms with Crippen molar-refractivity contribution in [3.63, 3.8) is 0 Å². The van der Waals surface area contributed by atoms with Gasteiger partial charge in [-0.2, -0.15) is 10.5 Å². The van der Waals surface area contributed by atoms with Gasteiger partial charge in [0.05, 0.1) is 55.7 Å². The van der Waals surface area contributed by atoms with Crippen molar-refractivity contribution in [1.82, 2.24) is 9.13 Å². The van der Waals surface area contributed by atoms with Crippen molar-refractivity contribution in [3.05, 3.63) is 181 Å². The number of nitrogens with zero attached hydrogens (tertiary/aromatic N) is 4. The summed E-state index contributed by atoms with van der Waals surface area (Å²) in [6.45, 7) is 0. The highest BCUT2D eigenvalue weighted by Crippen LogP contribution is 2.49. The van der Waals surface area contributed by atoms with Crippen LogP contribution in [0.25, 0.3) is 99.2 Å². The van der Waals surface area contributed by atoms with Crippen LogP contribution in [-0.2, 0) is 0 Å². The van der Waals surface area contributed by atoms with Crippen LogP contribution in [0.15, 0.2) is 174 Å². The van der Waals surface area contributed by atoms with Crippen LogP contribution in [0.4, 0.5) is 0 Å². The van der Waals surface area contributed by atoms with E-state index < -0.39 is 0 Å². The fourth-order valence-corrected chi connectivity index (χ4v) is 8.70. The number of hydrogen-bond donors (Lipinski definition) is 0. The van der Waals surface area contributed by atoms with Crippen LogP contribution in [-0.4, -0.2) is 9.13 Å². The highest BCUT2D eigenvalue weighted by molar-refractivity contribution is 6.39. The standard InChI is InChI=1S/C50H28N4O/c51-29-31-13-12-16-35(27-31)53-42-22-9-7-20-39(42)46-48(53)45-38-19-6-10-23-43(38)54(49(45)47-40-21-8-11-24-44(40)55-50(46)47)41-26-25-33(28-34(41)30-52)37-18-5-4-17-36(37)32-14-2-1-3-15-32/h1-28H. The molecule has 0 radical (unpaired) electrons. The van der Waals surface area contributed by atoms with E-state index in [9.17, 15) is 10.5 Å². The third-order valence-electron chi connectivity index (χ3n) is 11.0. The van der Waals surface area contributed by atoms with Gasteiger partial charge in [-0.3, -0.25) is 0 Å². The Morgan fingerprint density at radius 3 is 1.84 bits per heavy atom. The summed E-state index contributed by atoms with van der Waals surface area (Å²) >= 11 is 0. The van der Waals surface area contributed by atoms with Gasteiger partial charge in [0.2, 0.25) is 0 Å². The molecule has 5 nitrogen and oxygen atoms in total. The Morgan fingerprint density at radius 2 is 1.07 bits per heavy atom. The van der Waals surface area contributed by atoms with E-state index in [1.165, 1.54) is 0 Å². The monoisotopic (exact) mass is 700 g/mol. The Hall–Kier alpha value is -7.86. The molecule has 0 N–H and O–H groups in total. The lowest BCUT2D eigenvalue weighted by molar-refractivity contribution is 0.673. The van der Waals surface area contributed by atoms with Crippen molar-refractivity contribution < 1.29 is 4.42 Å². The Labute approximate surface area is 315 Å². The topological polar surface area (TPSA) is 70.6 Å². The zero-order chi connectivity index (χ0) is 36.6. The lowest BCUT2D eigenvalue weighted by atomic mass is 9.93.